The van der Waals surface area contributed by atoms with Crippen LogP contribution in [0.5, 0.6) is 0 Å². The minimum Gasteiger partial charge on any atom is -0.396 e. The minimum atomic E-state index is -4.96. The molecule has 0 aliphatic carbocycles. The van der Waals surface area contributed by atoms with Crippen LogP contribution in [0.3, 0.4) is 0 Å². The molecule has 5 unspecified atom stereocenters. The summed E-state index contributed by atoms with van der Waals surface area (Å²) < 4.78 is 33.4. The number of rotatable bonds is 24. The SMILES string of the molecule is COC(COP(O)O)C(OP(=O)(O)OCC(CO)CCCCNC(=O)CCC(=O)N1Cc2ccccc2C#Cc2ccccc21)C(O)N(C)/C=C\C(N)=NC=O. The average Bonchev–Trinajstić information content (AvgIpc) is 3.17. The summed E-state index contributed by atoms with van der Waals surface area (Å²) in [6, 6.07) is 15.0. The summed E-state index contributed by atoms with van der Waals surface area (Å²) in [5.74, 6) is 5.00. The highest BCUT2D eigenvalue weighted by Gasteiger charge is 2.39. The molecule has 20 heteroatoms. The van der Waals surface area contributed by atoms with E-state index in [9.17, 15) is 43.8 Å². The van der Waals surface area contributed by atoms with Gasteiger partial charge < -0.3 is 55.0 Å². The molecule has 306 valence electrons. The van der Waals surface area contributed by atoms with E-state index >= 15 is 0 Å². The Balaban J connectivity index is 1.48. The fourth-order valence-corrected chi connectivity index (χ4v) is 6.71. The third-order valence-electron chi connectivity index (χ3n) is 8.50. The molecule has 0 saturated heterocycles. The summed E-state index contributed by atoms with van der Waals surface area (Å²) in [6.07, 6.45) is -0.881. The molecule has 0 saturated carbocycles. The van der Waals surface area contributed by atoms with Crippen LogP contribution in [0.2, 0.25) is 0 Å². The number of aliphatic hydroxyl groups is 2. The molecule has 3 amide bonds. The smallest absolute Gasteiger partial charge is 0.396 e. The number of aliphatic hydroxyl groups excluding tert-OH is 2. The number of nitrogens with two attached hydrogens (primary N) is 1. The van der Waals surface area contributed by atoms with Crippen molar-refractivity contribution in [2.45, 2.75) is 57.1 Å². The molecule has 18 nitrogen and oxygen atoms in total. The molecule has 1 aliphatic rings. The highest BCUT2D eigenvalue weighted by Crippen LogP contribution is 2.47. The number of carbonyl (C=O) groups excluding carboxylic acids is 3. The molecule has 2 aromatic rings. The third-order valence-corrected chi connectivity index (χ3v) is 9.87. The van der Waals surface area contributed by atoms with Gasteiger partial charge in [0.2, 0.25) is 18.2 Å². The topological polar surface area (TPSA) is 263 Å². The Morgan fingerprint density at radius 2 is 1.80 bits per heavy atom. The highest BCUT2D eigenvalue weighted by atomic mass is 31.2. The number of benzene rings is 2. The van der Waals surface area contributed by atoms with Crippen LogP contribution in [0.25, 0.3) is 0 Å². The second kappa shape index (κ2) is 23.9. The van der Waals surface area contributed by atoms with E-state index in [1.54, 1.807) is 4.90 Å². The Morgan fingerprint density at radius 1 is 1.11 bits per heavy atom. The number of likely N-dealkylation sites (N-methyl/N-ethyl adjacent to an activating group) is 1. The van der Waals surface area contributed by atoms with Crippen molar-refractivity contribution in [2.75, 3.05) is 45.4 Å². The van der Waals surface area contributed by atoms with Gasteiger partial charge in [0.15, 0.2) is 6.23 Å². The first kappa shape index (κ1) is 46.3. The Morgan fingerprint density at radius 3 is 2.50 bits per heavy atom. The Kier molecular flexibility index (Phi) is 19.7. The molecule has 0 fully saturated rings. The fraction of sp³-hybridized carbons (Fsp3) is 0.444. The van der Waals surface area contributed by atoms with Crippen LogP contribution in [0.15, 0.2) is 65.8 Å². The standard InChI is InChI=1S/C36H49N5O13P2/c1-40(20-18-32(37)39-25-43)36(46)35(31(51-2)24-52-55(47)48)54-56(49,50)53-23-26(22-42)9-7-8-19-38-33(44)16-17-34(45)41-21-29-12-4-3-10-27(29)14-15-28-11-5-6-13-30(28)41/h3-6,10-13,18,20,25-26,31,35-36,42,46-48H,7-9,16-17,19,21-24H2,1-2H3,(H,38,44)(H,49,50)(H2,37,39,43)/b20-18-. The number of nitrogens with one attached hydrogen (secondary N) is 1. The largest absolute Gasteiger partial charge is 0.472 e. The number of unbranched alkanes of at least 4 members (excludes halogenated alkanes) is 1. The van der Waals surface area contributed by atoms with Gasteiger partial charge in [0.25, 0.3) is 0 Å². The number of hydrogen-bond donors (Lipinski definition) is 7. The van der Waals surface area contributed by atoms with Gasteiger partial charge in [0, 0.05) is 63.4 Å². The number of hydrogen-bond acceptors (Lipinski definition) is 13. The van der Waals surface area contributed by atoms with Gasteiger partial charge in [-0.05, 0) is 42.7 Å². The van der Waals surface area contributed by atoms with E-state index in [4.69, 9.17) is 24.0 Å². The van der Waals surface area contributed by atoms with Gasteiger partial charge in [-0.15, -0.1) is 0 Å². The highest BCUT2D eigenvalue weighted by molar-refractivity contribution is 7.47. The number of anilines is 1. The van der Waals surface area contributed by atoms with Crippen molar-refractivity contribution < 1.29 is 62.2 Å². The molecular weight excluding hydrogens is 772 g/mol. The van der Waals surface area contributed by atoms with Gasteiger partial charge in [-0.3, -0.25) is 23.4 Å². The normalized spacial score (nSPS) is 15.9. The van der Waals surface area contributed by atoms with Gasteiger partial charge in [-0.2, -0.15) is 4.99 Å². The number of para-hydroxylation sites is 1. The first-order valence-electron chi connectivity index (χ1n) is 17.5. The maximum absolute atomic E-state index is 13.4. The second-order valence-electron chi connectivity index (χ2n) is 12.5. The van der Waals surface area contributed by atoms with Crippen LogP contribution in [-0.2, 0) is 43.8 Å². The van der Waals surface area contributed by atoms with Gasteiger partial charge in [-0.25, -0.2) is 4.57 Å². The predicted octanol–water partition coefficient (Wildman–Crippen LogP) is 1.63. The van der Waals surface area contributed by atoms with E-state index in [2.05, 4.69) is 22.2 Å². The van der Waals surface area contributed by atoms with Crippen LogP contribution in [-0.4, -0.2) is 113 Å². The van der Waals surface area contributed by atoms with E-state index in [-0.39, 0.29) is 36.9 Å². The monoisotopic (exact) mass is 821 g/mol. The number of amides is 3. The number of phosphoric acid groups is 1. The number of carbonyl (C=O) groups is 3. The molecule has 8 N–H and O–H groups in total. The Bertz CT molecular complexity index is 1770. The lowest BCUT2D eigenvalue weighted by Gasteiger charge is -2.34. The number of phosphoric ester groups is 1. The zero-order chi connectivity index (χ0) is 41.1. The molecule has 1 aliphatic heterocycles. The van der Waals surface area contributed by atoms with E-state index in [0.717, 1.165) is 34.8 Å². The molecule has 0 bridgehead atoms. The van der Waals surface area contributed by atoms with Crippen molar-refractivity contribution in [3.05, 3.63) is 77.5 Å². The quantitative estimate of drug-likeness (QED) is 0.0151. The zero-order valence-corrected chi connectivity index (χ0v) is 32.8. The summed E-state index contributed by atoms with van der Waals surface area (Å²) in [6.45, 7) is -0.784. The maximum atomic E-state index is 13.4. The van der Waals surface area contributed by atoms with Crippen LogP contribution in [0, 0.1) is 17.8 Å². The van der Waals surface area contributed by atoms with E-state index in [0.29, 0.717) is 38.0 Å². The molecule has 0 spiro atoms. The van der Waals surface area contributed by atoms with Gasteiger partial charge in [0.1, 0.15) is 18.0 Å². The lowest BCUT2D eigenvalue weighted by Crippen LogP contribution is -2.48. The first-order chi connectivity index (χ1) is 26.8. The summed E-state index contributed by atoms with van der Waals surface area (Å²) in [5.41, 5.74) is 8.68. The predicted molar refractivity (Wildman–Crippen MR) is 206 cm³/mol. The number of methoxy groups -OCH3 is 1. The Hall–Kier alpha value is -4.08. The first-order valence-corrected chi connectivity index (χ1v) is 20.2. The number of amidine groups is 1. The summed E-state index contributed by atoms with van der Waals surface area (Å²) in [7, 11) is -5.31. The summed E-state index contributed by atoms with van der Waals surface area (Å²) in [4.78, 5) is 71.6. The van der Waals surface area contributed by atoms with E-state index < -0.39 is 60.6 Å². The van der Waals surface area contributed by atoms with E-state index in [1.807, 2.05) is 48.5 Å². The molecule has 0 radical (unpaired) electrons. The zero-order valence-electron chi connectivity index (χ0n) is 31.0. The number of fused-ring (bicyclic) bond motifs is 2. The summed E-state index contributed by atoms with van der Waals surface area (Å²) >= 11 is 0. The lowest BCUT2D eigenvalue weighted by molar-refractivity contribution is -0.125. The van der Waals surface area contributed by atoms with Crippen molar-refractivity contribution >= 4 is 46.2 Å². The van der Waals surface area contributed by atoms with Crippen molar-refractivity contribution in [2.24, 2.45) is 16.6 Å². The molecule has 1 heterocycles. The molecular formula is C36H49N5O13P2. The summed E-state index contributed by atoms with van der Waals surface area (Å²) in [5, 5.41) is 23.6. The van der Waals surface area contributed by atoms with Crippen LogP contribution in [0.4, 0.5) is 5.69 Å². The average molecular weight is 822 g/mol. The van der Waals surface area contributed by atoms with Crippen molar-refractivity contribution in [1.82, 2.24) is 10.2 Å². The molecule has 56 heavy (non-hydrogen) atoms. The molecule has 0 aromatic heterocycles. The van der Waals surface area contributed by atoms with Gasteiger partial charge in [0.05, 0.1) is 25.4 Å². The molecule has 5 atom stereocenters. The molecule has 2 aromatic carbocycles. The van der Waals surface area contributed by atoms with Crippen molar-refractivity contribution in [1.29, 1.82) is 0 Å². The number of aliphatic imine (C=N–C) groups is 1. The molecule has 3 rings (SSSR count). The Labute approximate surface area is 326 Å². The number of ether oxygens (including phenoxy) is 1. The van der Waals surface area contributed by atoms with Crippen molar-refractivity contribution in [3.8, 4) is 11.8 Å². The van der Waals surface area contributed by atoms with Crippen LogP contribution >= 0.6 is 16.4 Å². The van der Waals surface area contributed by atoms with Gasteiger partial charge in [-0.1, -0.05) is 48.6 Å². The van der Waals surface area contributed by atoms with Crippen molar-refractivity contribution in [3.63, 3.8) is 0 Å². The fourth-order valence-electron chi connectivity index (χ4n) is 5.42. The number of nitrogens with zero attached hydrogens (tertiary/aromatic N) is 3. The maximum Gasteiger partial charge on any atom is 0.472 e. The van der Waals surface area contributed by atoms with E-state index in [1.165, 1.54) is 13.2 Å². The third kappa shape index (κ3) is 15.5. The van der Waals surface area contributed by atoms with Gasteiger partial charge >= 0.3 is 16.4 Å². The second-order valence-corrected chi connectivity index (χ2v) is 14.7. The van der Waals surface area contributed by atoms with Crippen LogP contribution in [0.1, 0.15) is 48.8 Å². The lowest BCUT2D eigenvalue weighted by atomic mass is 10.0. The van der Waals surface area contributed by atoms with Crippen LogP contribution < -0.4 is 16.0 Å². The minimum absolute atomic E-state index is 0.0128.